The van der Waals surface area contributed by atoms with E-state index in [-0.39, 0.29) is 11.3 Å². The molecular weight excluding hydrogens is 348 g/mol. The smallest absolute Gasteiger partial charge is 0.271 e. The molecule has 0 atom stereocenters. The highest BCUT2D eigenvalue weighted by Crippen LogP contribution is 2.26. The predicted molar refractivity (Wildman–Crippen MR) is 85.7 cm³/mol. The molecule has 3 heterocycles. The Hall–Kier alpha value is -2.07. The van der Waals surface area contributed by atoms with Crippen LogP contribution in [0.5, 0.6) is 0 Å². The molecule has 2 aromatic heterocycles. The zero-order valence-electron chi connectivity index (χ0n) is 11.9. The minimum absolute atomic E-state index is 0.0274. The van der Waals surface area contributed by atoms with Gasteiger partial charge in [-0.05, 0) is 40.9 Å². The van der Waals surface area contributed by atoms with Crippen molar-refractivity contribution >= 4 is 21.9 Å². The van der Waals surface area contributed by atoms with Crippen LogP contribution in [-0.4, -0.2) is 23.1 Å². The predicted octanol–water partition coefficient (Wildman–Crippen LogP) is 3.04. The van der Waals surface area contributed by atoms with Gasteiger partial charge in [0.2, 0.25) is 5.95 Å². The number of rotatable bonds is 2. The first-order valence-corrected chi connectivity index (χ1v) is 8.03. The van der Waals surface area contributed by atoms with Crippen LogP contribution in [0.1, 0.15) is 31.2 Å². The monoisotopic (exact) mass is 362 g/mol. The summed E-state index contributed by atoms with van der Waals surface area (Å²) in [6.45, 7) is 1.71. The molecule has 114 valence electrons. The van der Waals surface area contributed by atoms with Gasteiger partial charge in [-0.1, -0.05) is 12.8 Å². The Kier molecular flexibility index (Phi) is 4.29. The molecule has 22 heavy (non-hydrogen) atoms. The second-order valence-corrected chi connectivity index (χ2v) is 6.01. The minimum atomic E-state index is -0.431. The van der Waals surface area contributed by atoms with Gasteiger partial charge in [0.05, 0.1) is 0 Å². The van der Waals surface area contributed by atoms with Crippen LogP contribution in [0.25, 0.3) is 11.5 Å². The van der Waals surface area contributed by atoms with Gasteiger partial charge in [-0.2, -0.15) is 5.26 Å². The Morgan fingerprint density at radius 3 is 2.59 bits per heavy atom. The first-order valence-electron chi connectivity index (χ1n) is 7.24. The molecule has 0 spiro atoms. The third kappa shape index (κ3) is 2.92. The van der Waals surface area contributed by atoms with Crippen molar-refractivity contribution < 1.29 is 4.42 Å². The van der Waals surface area contributed by atoms with Gasteiger partial charge in [0.1, 0.15) is 17.3 Å². The zero-order chi connectivity index (χ0) is 15.5. The quantitative estimate of drug-likeness (QED) is 0.886. The summed E-state index contributed by atoms with van der Waals surface area (Å²) in [5.74, 6) is 0.916. The summed E-state index contributed by atoms with van der Waals surface area (Å²) in [4.78, 5) is 21.5. The van der Waals surface area contributed by atoms with E-state index in [1.807, 2.05) is 6.07 Å². The number of furan rings is 1. The van der Waals surface area contributed by atoms with E-state index in [1.165, 1.54) is 12.8 Å². The van der Waals surface area contributed by atoms with Crippen molar-refractivity contribution in [1.82, 2.24) is 9.97 Å². The molecule has 1 aliphatic heterocycles. The Balaban J connectivity index is 2.08. The van der Waals surface area contributed by atoms with Crippen LogP contribution in [-0.2, 0) is 0 Å². The van der Waals surface area contributed by atoms with Gasteiger partial charge in [-0.15, -0.1) is 0 Å². The lowest BCUT2D eigenvalue weighted by Gasteiger charge is -2.21. The van der Waals surface area contributed by atoms with Gasteiger partial charge < -0.3 is 9.32 Å². The first kappa shape index (κ1) is 14.9. The fraction of sp³-hybridized carbons (Fsp3) is 0.400. The van der Waals surface area contributed by atoms with E-state index >= 15 is 0 Å². The Bertz CT molecular complexity index is 767. The van der Waals surface area contributed by atoms with Crippen LogP contribution in [0.15, 0.2) is 26.0 Å². The molecule has 0 aromatic carbocycles. The fourth-order valence-electron chi connectivity index (χ4n) is 2.62. The third-order valence-corrected chi connectivity index (χ3v) is 4.16. The molecule has 1 N–H and O–H groups in total. The number of H-pyrrole nitrogens is 1. The van der Waals surface area contributed by atoms with E-state index in [4.69, 9.17) is 4.42 Å². The summed E-state index contributed by atoms with van der Waals surface area (Å²) in [6, 6.07) is 5.32. The zero-order valence-corrected chi connectivity index (χ0v) is 13.5. The maximum atomic E-state index is 12.2. The lowest BCUT2D eigenvalue weighted by Crippen LogP contribution is -2.29. The maximum Gasteiger partial charge on any atom is 0.271 e. The number of hydrogen-bond donors (Lipinski definition) is 1. The van der Waals surface area contributed by atoms with Crippen molar-refractivity contribution in [3.63, 3.8) is 0 Å². The van der Waals surface area contributed by atoms with Crippen molar-refractivity contribution in [2.45, 2.75) is 25.7 Å². The third-order valence-electron chi connectivity index (χ3n) is 3.73. The summed E-state index contributed by atoms with van der Waals surface area (Å²) >= 11 is 3.23. The lowest BCUT2D eigenvalue weighted by atomic mass is 10.2. The standard InChI is InChI=1S/C15H15BrN4O2/c16-12-6-5-11(22-12)13-10(9-17)14(21)19-15(18-13)20-7-3-1-2-4-8-20/h5-6H,1-4,7-8H2,(H,18,19,21). The molecule has 1 fully saturated rings. The van der Waals surface area contributed by atoms with Crippen LogP contribution in [0, 0.1) is 11.3 Å². The van der Waals surface area contributed by atoms with Crippen molar-refractivity contribution in [2.75, 3.05) is 18.0 Å². The van der Waals surface area contributed by atoms with Gasteiger partial charge in [-0.25, -0.2) is 4.98 Å². The molecular formula is C15H15BrN4O2. The summed E-state index contributed by atoms with van der Waals surface area (Å²) in [6.07, 6.45) is 4.53. The molecule has 0 saturated carbocycles. The molecule has 1 saturated heterocycles. The van der Waals surface area contributed by atoms with E-state index < -0.39 is 5.56 Å². The van der Waals surface area contributed by atoms with E-state index in [9.17, 15) is 10.1 Å². The van der Waals surface area contributed by atoms with E-state index in [2.05, 4.69) is 30.8 Å². The van der Waals surface area contributed by atoms with Crippen LogP contribution < -0.4 is 10.5 Å². The lowest BCUT2D eigenvalue weighted by molar-refractivity contribution is 0.553. The second kappa shape index (κ2) is 6.36. The number of nitrogens with one attached hydrogen (secondary N) is 1. The number of nitriles is 1. The Morgan fingerprint density at radius 2 is 2.00 bits per heavy atom. The molecule has 0 aliphatic carbocycles. The van der Waals surface area contributed by atoms with Crippen LogP contribution in [0.3, 0.4) is 0 Å². The molecule has 0 radical (unpaired) electrons. The number of anilines is 1. The maximum absolute atomic E-state index is 12.2. The number of halogens is 1. The molecule has 0 amide bonds. The largest absolute Gasteiger partial charge is 0.448 e. The fourth-order valence-corrected chi connectivity index (χ4v) is 2.92. The number of aromatic nitrogens is 2. The highest BCUT2D eigenvalue weighted by Gasteiger charge is 2.19. The topological polar surface area (TPSA) is 85.9 Å². The van der Waals surface area contributed by atoms with Gasteiger partial charge in [-0.3, -0.25) is 9.78 Å². The second-order valence-electron chi connectivity index (χ2n) is 5.23. The average Bonchev–Trinajstić information content (AvgIpc) is 2.77. The summed E-state index contributed by atoms with van der Waals surface area (Å²) in [5, 5.41) is 9.24. The number of aromatic amines is 1. The van der Waals surface area contributed by atoms with Crippen molar-refractivity contribution in [1.29, 1.82) is 5.26 Å². The minimum Gasteiger partial charge on any atom is -0.448 e. The van der Waals surface area contributed by atoms with Crippen molar-refractivity contribution in [3.05, 3.63) is 32.7 Å². The summed E-state index contributed by atoms with van der Waals surface area (Å²) < 4.78 is 6.00. The SMILES string of the molecule is N#Cc1c(-c2ccc(Br)o2)nc(N2CCCCCC2)[nH]c1=O. The highest BCUT2D eigenvalue weighted by atomic mass is 79.9. The normalized spacial score (nSPS) is 15.4. The molecule has 0 unspecified atom stereocenters. The van der Waals surface area contributed by atoms with Gasteiger partial charge in [0.25, 0.3) is 5.56 Å². The van der Waals surface area contributed by atoms with Crippen LogP contribution >= 0.6 is 15.9 Å². The van der Waals surface area contributed by atoms with E-state index in [1.54, 1.807) is 12.1 Å². The van der Waals surface area contributed by atoms with Crippen LogP contribution in [0.4, 0.5) is 5.95 Å². The average molecular weight is 363 g/mol. The highest BCUT2D eigenvalue weighted by molar-refractivity contribution is 9.10. The number of nitrogens with zero attached hydrogens (tertiary/aromatic N) is 3. The summed E-state index contributed by atoms with van der Waals surface area (Å²) in [7, 11) is 0. The Morgan fingerprint density at radius 1 is 1.27 bits per heavy atom. The van der Waals surface area contributed by atoms with Gasteiger partial charge in [0.15, 0.2) is 10.4 Å². The molecule has 6 nitrogen and oxygen atoms in total. The van der Waals surface area contributed by atoms with E-state index in [0.717, 1.165) is 25.9 Å². The van der Waals surface area contributed by atoms with Crippen LogP contribution in [0.2, 0.25) is 0 Å². The van der Waals surface area contributed by atoms with Crippen molar-refractivity contribution in [3.8, 4) is 17.5 Å². The van der Waals surface area contributed by atoms with Gasteiger partial charge >= 0.3 is 0 Å². The molecule has 3 rings (SSSR count). The molecule has 7 heteroatoms. The first-order chi connectivity index (χ1) is 10.7. The summed E-state index contributed by atoms with van der Waals surface area (Å²) in [5.41, 5.74) is -0.170. The number of hydrogen-bond acceptors (Lipinski definition) is 5. The molecule has 0 bridgehead atoms. The molecule has 2 aromatic rings. The van der Waals surface area contributed by atoms with E-state index in [0.29, 0.717) is 16.4 Å². The van der Waals surface area contributed by atoms with Crippen molar-refractivity contribution in [2.24, 2.45) is 0 Å². The Labute approximate surface area is 135 Å². The molecule has 1 aliphatic rings. The van der Waals surface area contributed by atoms with Gasteiger partial charge in [0, 0.05) is 13.1 Å².